The summed E-state index contributed by atoms with van der Waals surface area (Å²) in [6.07, 6.45) is 0. The molecule has 0 spiro atoms. The molecule has 0 N–H and O–H groups in total. The van der Waals surface area contributed by atoms with Crippen molar-refractivity contribution < 1.29 is 5.11 Å². The van der Waals surface area contributed by atoms with Gasteiger partial charge in [0.15, 0.2) is 0 Å². The summed E-state index contributed by atoms with van der Waals surface area (Å²) in [4.78, 5) is 2.28. The van der Waals surface area contributed by atoms with Crippen molar-refractivity contribution in [2.75, 3.05) is 26.2 Å². The van der Waals surface area contributed by atoms with Crippen LogP contribution in [-0.4, -0.2) is 31.1 Å². The molecule has 0 saturated carbocycles. The fourth-order valence-electron chi connectivity index (χ4n) is 1.04. The minimum absolute atomic E-state index is 0.122. The third-order valence-corrected chi connectivity index (χ3v) is 1.72. The van der Waals surface area contributed by atoms with Gasteiger partial charge in [-0.1, -0.05) is 6.92 Å². The molecule has 47 valence electrons. The van der Waals surface area contributed by atoms with E-state index in [0.29, 0.717) is 5.92 Å². The van der Waals surface area contributed by atoms with Crippen LogP contribution in [0.4, 0.5) is 0 Å². The van der Waals surface area contributed by atoms with Gasteiger partial charge in [0, 0.05) is 19.0 Å². The van der Waals surface area contributed by atoms with Crippen LogP contribution in [0.5, 0.6) is 0 Å². The lowest BCUT2D eigenvalue weighted by Crippen LogP contribution is -2.47. The number of hydrogen-bond donors (Lipinski definition) is 0. The van der Waals surface area contributed by atoms with E-state index in [2.05, 4.69) is 11.8 Å². The van der Waals surface area contributed by atoms with Crippen molar-refractivity contribution in [3.63, 3.8) is 0 Å². The second kappa shape index (κ2) is 2.46. The minimum atomic E-state index is 0.122. The molecule has 1 rings (SSSR count). The van der Waals surface area contributed by atoms with Crippen molar-refractivity contribution in [1.29, 1.82) is 0 Å². The lowest BCUT2D eigenvalue weighted by molar-refractivity contribution is 0.0304. The first-order chi connectivity index (χ1) is 3.86. The molecule has 1 fully saturated rings. The van der Waals surface area contributed by atoms with Crippen LogP contribution in [0.3, 0.4) is 0 Å². The van der Waals surface area contributed by atoms with Gasteiger partial charge in [0.25, 0.3) is 0 Å². The molecular formula is C6H12NO. The van der Waals surface area contributed by atoms with Crippen LogP contribution in [0.1, 0.15) is 6.92 Å². The highest BCUT2D eigenvalue weighted by atomic mass is 16.3. The summed E-state index contributed by atoms with van der Waals surface area (Å²) in [6.45, 7) is 5.44. The second-order valence-corrected chi connectivity index (χ2v) is 2.38. The summed E-state index contributed by atoms with van der Waals surface area (Å²) < 4.78 is 0. The molecule has 1 aliphatic rings. The van der Waals surface area contributed by atoms with Gasteiger partial charge < -0.3 is 4.90 Å². The van der Waals surface area contributed by atoms with Gasteiger partial charge in [-0.25, -0.2) is 5.11 Å². The number of hydrogen-bond acceptors (Lipinski definition) is 1. The molecule has 0 aromatic rings. The zero-order chi connectivity index (χ0) is 5.98. The zero-order valence-electron chi connectivity index (χ0n) is 5.26. The van der Waals surface area contributed by atoms with Gasteiger partial charge in [0.05, 0.1) is 6.61 Å². The molecule has 1 radical (unpaired) electrons. The van der Waals surface area contributed by atoms with Crippen molar-refractivity contribution in [2.24, 2.45) is 5.92 Å². The molecular weight excluding hydrogens is 102 g/mol. The van der Waals surface area contributed by atoms with Gasteiger partial charge in [-0.05, 0) is 6.54 Å². The van der Waals surface area contributed by atoms with E-state index >= 15 is 0 Å². The Kier molecular flexibility index (Phi) is 1.86. The van der Waals surface area contributed by atoms with Crippen LogP contribution in [0.25, 0.3) is 0 Å². The van der Waals surface area contributed by atoms with E-state index in [4.69, 9.17) is 0 Å². The van der Waals surface area contributed by atoms with E-state index in [0.717, 1.165) is 19.6 Å². The fourth-order valence-corrected chi connectivity index (χ4v) is 1.04. The maximum absolute atomic E-state index is 10.1. The molecule has 2 heteroatoms. The SMILES string of the molecule is CCN1CC(C[O])C1. The van der Waals surface area contributed by atoms with E-state index in [1.54, 1.807) is 0 Å². The predicted molar refractivity (Wildman–Crippen MR) is 31.2 cm³/mol. The molecule has 0 aromatic carbocycles. The summed E-state index contributed by atoms with van der Waals surface area (Å²) in [7, 11) is 0. The lowest BCUT2D eigenvalue weighted by atomic mass is 10.0. The average Bonchev–Trinajstić information content (AvgIpc) is 1.65. The predicted octanol–water partition coefficient (Wildman–Crippen LogP) is 0.369. The van der Waals surface area contributed by atoms with E-state index in [-0.39, 0.29) is 6.61 Å². The maximum Gasteiger partial charge on any atom is 0.0874 e. The van der Waals surface area contributed by atoms with Crippen LogP contribution in [0.2, 0.25) is 0 Å². The summed E-state index contributed by atoms with van der Waals surface area (Å²) in [5.41, 5.74) is 0. The number of rotatable bonds is 2. The highest BCUT2D eigenvalue weighted by Gasteiger charge is 2.23. The first kappa shape index (κ1) is 6.05. The summed E-state index contributed by atoms with van der Waals surface area (Å²) in [5, 5.41) is 10.1. The molecule has 0 bridgehead atoms. The standard InChI is InChI=1S/C6H12NO/c1-2-7-3-6(4-7)5-8/h6H,2-5H2,1H3. The molecule has 8 heavy (non-hydrogen) atoms. The largest absolute Gasteiger partial charge is 0.303 e. The van der Waals surface area contributed by atoms with Gasteiger partial charge >= 0.3 is 0 Å². The number of likely N-dealkylation sites (tertiary alicyclic amines) is 1. The average molecular weight is 114 g/mol. The van der Waals surface area contributed by atoms with Crippen molar-refractivity contribution in [2.45, 2.75) is 6.92 Å². The van der Waals surface area contributed by atoms with Crippen molar-refractivity contribution in [3.8, 4) is 0 Å². The van der Waals surface area contributed by atoms with Gasteiger partial charge in [0.1, 0.15) is 0 Å². The highest BCUT2D eigenvalue weighted by Crippen LogP contribution is 2.12. The molecule has 0 amide bonds. The lowest BCUT2D eigenvalue weighted by Gasteiger charge is -2.36. The van der Waals surface area contributed by atoms with Crippen LogP contribution in [-0.2, 0) is 5.11 Å². The van der Waals surface area contributed by atoms with Crippen LogP contribution < -0.4 is 0 Å². The fraction of sp³-hybridized carbons (Fsp3) is 1.00. The molecule has 2 nitrogen and oxygen atoms in total. The Morgan fingerprint density at radius 3 is 2.62 bits per heavy atom. The Balaban J connectivity index is 2.03. The van der Waals surface area contributed by atoms with Crippen LogP contribution in [0.15, 0.2) is 0 Å². The van der Waals surface area contributed by atoms with Crippen molar-refractivity contribution in [1.82, 2.24) is 4.90 Å². The summed E-state index contributed by atoms with van der Waals surface area (Å²) >= 11 is 0. The zero-order valence-corrected chi connectivity index (χ0v) is 5.26. The second-order valence-electron chi connectivity index (χ2n) is 2.38. The smallest absolute Gasteiger partial charge is 0.0874 e. The summed E-state index contributed by atoms with van der Waals surface area (Å²) in [5.74, 6) is 0.468. The molecule has 0 aromatic heterocycles. The molecule has 0 aliphatic carbocycles. The molecule has 1 saturated heterocycles. The number of nitrogens with zero attached hydrogens (tertiary/aromatic N) is 1. The summed E-state index contributed by atoms with van der Waals surface area (Å²) in [6, 6.07) is 0. The third kappa shape index (κ3) is 1.01. The Morgan fingerprint density at radius 1 is 1.62 bits per heavy atom. The monoisotopic (exact) mass is 114 g/mol. The third-order valence-electron chi connectivity index (χ3n) is 1.72. The van der Waals surface area contributed by atoms with Gasteiger partial charge in [0.2, 0.25) is 0 Å². The topological polar surface area (TPSA) is 23.1 Å². The minimum Gasteiger partial charge on any atom is -0.303 e. The normalized spacial score (nSPS) is 23.2. The Morgan fingerprint density at radius 2 is 2.25 bits per heavy atom. The Hall–Kier alpha value is -0.0800. The highest BCUT2D eigenvalue weighted by molar-refractivity contribution is 4.77. The maximum atomic E-state index is 10.1. The van der Waals surface area contributed by atoms with Gasteiger partial charge in [-0.15, -0.1) is 0 Å². The molecule has 0 atom stereocenters. The molecule has 1 heterocycles. The quantitative estimate of drug-likeness (QED) is 0.508. The van der Waals surface area contributed by atoms with Crippen LogP contribution >= 0.6 is 0 Å². The van der Waals surface area contributed by atoms with E-state index in [1.165, 1.54) is 0 Å². The Bertz CT molecular complexity index is 60.9. The van der Waals surface area contributed by atoms with E-state index < -0.39 is 0 Å². The molecule has 0 unspecified atom stereocenters. The van der Waals surface area contributed by atoms with Gasteiger partial charge in [-0.2, -0.15) is 0 Å². The first-order valence-electron chi connectivity index (χ1n) is 3.17. The van der Waals surface area contributed by atoms with E-state index in [9.17, 15) is 5.11 Å². The van der Waals surface area contributed by atoms with Crippen LogP contribution in [0, 0.1) is 5.92 Å². The van der Waals surface area contributed by atoms with E-state index in [1.807, 2.05) is 0 Å². The van der Waals surface area contributed by atoms with Crippen molar-refractivity contribution >= 4 is 0 Å². The van der Waals surface area contributed by atoms with Gasteiger partial charge in [-0.3, -0.25) is 0 Å². The van der Waals surface area contributed by atoms with Crippen molar-refractivity contribution in [3.05, 3.63) is 0 Å². The first-order valence-corrected chi connectivity index (χ1v) is 3.17. The Labute approximate surface area is 50.1 Å². The molecule has 1 aliphatic heterocycles.